The second-order valence-corrected chi connectivity index (χ2v) is 4.18. The van der Waals surface area contributed by atoms with E-state index in [2.05, 4.69) is 12.0 Å². The van der Waals surface area contributed by atoms with E-state index in [1.54, 1.807) is 0 Å². The Kier molecular flexibility index (Phi) is 3.38. The van der Waals surface area contributed by atoms with Gasteiger partial charge >= 0.3 is 0 Å². The zero-order valence-electron chi connectivity index (χ0n) is 10.2. The quantitative estimate of drug-likeness (QED) is 0.754. The third kappa shape index (κ3) is 2.44. The minimum atomic E-state index is 0.715. The Labute approximate surface area is 101 Å². The van der Waals surface area contributed by atoms with Crippen molar-refractivity contribution in [2.24, 2.45) is 0 Å². The monoisotopic (exact) mass is 228 g/mol. The van der Waals surface area contributed by atoms with Crippen LogP contribution in [0.15, 0.2) is 30.6 Å². The van der Waals surface area contributed by atoms with E-state index in [4.69, 9.17) is 0 Å². The topological polar surface area (TPSA) is 34.9 Å². The van der Waals surface area contributed by atoms with Gasteiger partial charge in [0.15, 0.2) is 0 Å². The summed E-state index contributed by atoms with van der Waals surface area (Å²) in [5, 5.41) is 4.31. The number of rotatable bonds is 4. The molecule has 0 atom stereocenters. The molecule has 3 nitrogen and oxygen atoms in total. The maximum atomic E-state index is 10.7. The van der Waals surface area contributed by atoms with Gasteiger partial charge in [0, 0.05) is 23.9 Å². The number of benzene rings is 1. The van der Waals surface area contributed by atoms with Crippen molar-refractivity contribution < 1.29 is 4.79 Å². The van der Waals surface area contributed by atoms with Crippen molar-refractivity contribution in [3.8, 4) is 11.1 Å². The van der Waals surface area contributed by atoms with Crippen LogP contribution in [0, 0.1) is 6.92 Å². The van der Waals surface area contributed by atoms with Gasteiger partial charge in [-0.3, -0.25) is 9.48 Å². The molecule has 0 N–H and O–H groups in total. The lowest BCUT2D eigenvalue weighted by atomic mass is 10.0. The van der Waals surface area contributed by atoms with Crippen LogP contribution in [-0.4, -0.2) is 16.1 Å². The van der Waals surface area contributed by atoms with Crippen LogP contribution < -0.4 is 0 Å². The maximum Gasteiger partial charge on any atom is 0.150 e. The molecule has 0 aliphatic heterocycles. The van der Waals surface area contributed by atoms with E-state index < -0.39 is 0 Å². The zero-order valence-corrected chi connectivity index (χ0v) is 10.2. The standard InChI is InChI=1S/C14H16N2O/c1-3-6-16-9-13(8-15-16)14-5-4-12(10-17)7-11(14)2/h4-5,7-10H,3,6H2,1-2H3. The molecule has 0 radical (unpaired) electrons. The highest BCUT2D eigenvalue weighted by Gasteiger charge is 2.05. The fourth-order valence-electron chi connectivity index (χ4n) is 1.94. The molecule has 3 heteroatoms. The Morgan fingerprint density at radius 1 is 1.41 bits per heavy atom. The predicted octanol–water partition coefficient (Wildman–Crippen LogP) is 3.08. The second kappa shape index (κ2) is 4.95. The SMILES string of the molecule is CCCn1cc(-c2ccc(C=O)cc2C)cn1. The summed E-state index contributed by atoms with van der Waals surface area (Å²) in [7, 11) is 0. The lowest BCUT2D eigenvalue weighted by Gasteiger charge is -2.03. The summed E-state index contributed by atoms with van der Waals surface area (Å²) in [5.74, 6) is 0. The number of nitrogens with zero attached hydrogens (tertiary/aromatic N) is 2. The van der Waals surface area contributed by atoms with Gasteiger partial charge in [-0.1, -0.05) is 19.1 Å². The molecule has 1 aromatic carbocycles. The normalized spacial score (nSPS) is 10.5. The van der Waals surface area contributed by atoms with Crippen molar-refractivity contribution in [2.75, 3.05) is 0 Å². The van der Waals surface area contributed by atoms with E-state index in [1.165, 1.54) is 0 Å². The number of hydrogen-bond donors (Lipinski definition) is 0. The average molecular weight is 228 g/mol. The Balaban J connectivity index is 2.35. The third-order valence-electron chi connectivity index (χ3n) is 2.78. The summed E-state index contributed by atoms with van der Waals surface area (Å²) in [5.41, 5.74) is 4.06. The van der Waals surface area contributed by atoms with E-state index in [1.807, 2.05) is 42.2 Å². The van der Waals surface area contributed by atoms with Gasteiger partial charge in [0.2, 0.25) is 0 Å². The minimum absolute atomic E-state index is 0.715. The van der Waals surface area contributed by atoms with Crippen molar-refractivity contribution >= 4 is 6.29 Å². The van der Waals surface area contributed by atoms with E-state index in [9.17, 15) is 4.79 Å². The van der Waals surface area contributed by atoms with Crippen LogP contribution in [-0.2, 0) is 6.54 Å². The van der Waals surface area contributed by atoms with Crippen LogP contribution in [0.5, 0.6) is 0 Å². The largest absolute Gasteiger partial charge is 0.298 e. The summed E-state index contributed by atoms with van der Waals surface area (Å²) < 4.78 is 1.95. The number of carbonyl (C=O) groups is 1. The van der Waals surface area contributed by atoms with Gasteiger partial charge in [0.25, 0.3) is 0 Å². The molecule has 0 aliphatic carbocycles. The summed E-state index contributed by atoms with van der Waals surface area (Å²) in [4.78, 5) is 10.7. The van der Waals surface area contributed by atoms with Crippen molar-refractivity contribution in [1.29, 1.82) is 0 Å². The number of hydrogen-bond acceptors (Lipinski definition) is 2. The Morgan fingerprint density at radius 2 is 2.24 bits per heavy atom. The lowest BCUT2D eigenvalue weighted by molar-refractivity contribution is 0.112. The average Bonchev–Trinajstić information content (AvgIpc) is 2.78. The van der Waals surface area contributed by atoms with Gasteiger partial charge in [0.1, 0.15) is 6.29 Å². The highest BCUT2D eigenvalue weighted by Crippen LogP contribution is 2.23. The van der Waals surface area contributed by atoms with Crippen molar-refractivity contribution in [3.05, 3.63) is 41.7 Å². The Hall–Kier alpha value is -1.90. The van der Waals surface area contributed by atoms with Crippen molar-refractivity contribution in [1.82, 2.24) is 9.78 Å². The van der Waals surface area contributed by atoms with Crippen LogP contribution in [0.4, 0.5) is 0 Å². The lowest BCUT2D eigenvalue weighted by Crippen LogP contribution is -1.95. The summed E-state index contributed by atoms with van der Waals surface area (Å²) in [6, 6.07) is 5.72. The molecule has 17 heavy (non-hydrogen) atoms. The first-order chi connectivity index (χ1) is 8.24. The molecular weight excluding hydrogens is 212 g/mol. The van der Waals surface area contributed by atoms with Gasteiger partial charge in [-0.05, 0) is 30.5 Å². The molecule has 88 valence electrons. The molecule has 2 aromatic rings. The summed E-state index contributed by atoms with van der Waals surface area (Å²) >= 11 is 0. The molecule has 1 heterocycles. The molecule has 0 fully saturated rings. The first-order valence-electron chi connectivity index (χ1n) is 5.83. The van der Waals surface area contributed by atoms with Gasteiger partial charge in [0.05, 0.1) is 6.20 Å². The van der Waals surface area contributed by atoms with Crippen LogP contribution >= 0.6 is 0 Å². The Bertz CT molecular complexity index is 529. The molecular formula is C14H16N2O. The number of aryl methyl sites for hydroxylation is 2. The number of carbonyl (C=O) groups excluding carboxylic acids is 1. The Morgan fingerprint density at radius 3 is 2.88 bits per heavy atom. The molecule has 0 aliphatic rings. The van der Waals surface area contributed by atoms with Crippen LogP contribution in [0.3, 0.4) is 0 Å². The van der Waals surface area contributed by atoms with Crippen LogP contribution in [0.25, 0.3) is 11.1 Å². The van der Waals surface area contributed by atoms with E-state index in [0.29, 0.717) is 5.56 Å². The molecule has 1 aromatic heterocycles. The van der Waals surface area contributed by atoms with Crippen molar-refractivity contribution in [2.45, 2.75) is 26.8 Å². The van der Waals surface area contributed by atoms with E-state index in [0.717, 1.165) is 35.9 Å². The van der Waals surface area contributed by atoms with Crippen molar-refractivity contribution in [3.63, 3.8) is 0 Å². The fourth-order valence-corrected chi connectivity index (χ4v) is 1.94. The number of aromatic nitrogens is 2. The predicted molar refractivity (Wildman–Crippen MR) is 68.1 cm³/mol. The van der Waals surface area contributed by atoms with Gasteiger partial charge in [-0.25, -0.2) is 0 Å². The first kappa shape index (κ1) is 11.6. The molecule has 0 unspecified atom stereocenters. The van der Waals surface area contributed by atoms with Crippen LogP contribution in [0.2, 0.25) is 0 Å². The van der Waals surface area contributed by atoms with Crippen LogP contribution in [0.1, 0.15) is 29.3 Å². The second-order valence-electron chi connectivity index (χ2n) is 4.18. The summed E-state index contributed by atoms with van der Waals surface area (Å²) in [6.45, 7) is 5.08. The maximum absolute atomic E-state index is 10.7. The minimum Gasteiger partial charge on any atom is -0.298 e. The first-order valence-corrected chi connectivity index (χ1v) is 5.83. The van der Waals surface area contributed by atoms with Gasteiger partial charge in [-0.15, -0.1) is 0 Å². The highest BCUT2D eigenvalue weighted by molar-refractivity contribution is 5.78. The molecule has 0 bridgehead atoms. The van der Waals surface area contributed by atoms with Gasteiger partial charge < -0.3 is 0 Å². The molecule has 0 spiro atoms. The highest BCUT2D eigenvalue weighted by atomic mass is 16.1. The van der Waals surface area contributed by atoms with E-state index >= 15 is 0 Å². The molecule has 0 saturated heterocycles. The van der Waals surface area contributed by atoms with Gasteiger partial charge in [-0.2, -0.15) is 5.10 Å². The third-order valence-corrected chi connectivity index (χ3v) is 2.78. The molecule has 0 saturated carbocycles. The summed E-state index contributed by atoms with van der Waals surface area (Å²) in [6.07, 6.45) is 5.87. The number of aldehydes is 1. The molecule has 0 amide bonds. The fraction of sp³-hybridized carbons (Fsp3) is 0.286. The molecule has 2 rings (SSSR count). The zero-order chi connectivity index (χ0) is 12.3. The van der Waals surface area contributed by atoms with E-state index in [-0.39, 0.29) is 0 Å². The smallest absolute Gasteiger partial charge is 0.150 e.